The third-order valence-corrected chi connectivity index (χ3v) is 6.27. The molecule has 7 heteroatoms. The number of aliphatic hydroxyl groups is 1. The van der Waals surface area contributed by atoms with Crippen molar-refractivity contribution < 1.29 is 24.2 Å². The lowest BCUT2D eigenvalue weighted by atomic mass is 9.67. The van der Waals surface area contributed by atoms with Crippen molar-refractivity contribution in [2.45, 2.75) is 97.0 Å². The molecule has 0 aliphatic carbocycles. The van der Waals surface area contributed by atoms with E-state index < -0.39 is 12.1 Å². The molecule has 2 aliphatic rings. The van der Waals surface area contributed by atoms with Crippen LogP contribution in [0.4, 0.5) is 0 Å². The summed E-state index contributed by atoms with van der Waals surface area (Å²) in [5, 5.41) is 19.3. The van der Waals surface area contributed by atoms with Crippen molar-refractivity contribution in [1.82, 2.24) is 5.06 Å². The highest BCUT2D eigenvalue weighted by Crippen LogP contribution is 2.54. The van der Waals surface area contributed by atoms with Gasteiger partial charge in [-0.3, -0.25) is 10.2 Å². The Kier molecular flexibility index (Phi) is 6.40. The van der Waals surface area contributed by atoms with E-state index in [4.69, 9.17) is 24.5 Å². The third-order valence-electron chi connectivity index (χ3n) is 6.27. The van der Waals surface area contributed by atoms with Crippen LogP contribution in [0.3, 0.4) is 0 Å². The summed E-state index contributed by atoms with van der Waals surface area (Å²) in [6, 6.07) is 0. The molecule has 7 nitrogen and oxygen atoms in total. The van der Waals surface area contributed by atoms with E-state index in [1.165, 1.54) is 0 Å². The fourth-order valence-corrected chi connectivity index (χ4v) is 4.34. The van der Waals surface area contributed by atoms with E-state index >= 15 is 0 Å². The van der Waals surface area contributed by atoms with Gasteiger partial charge in [-0.05, 0) is 33.6 Å². The molecular weight excluding hydrogens is 336 g/mol. The van der Waals surface area contributed by atoms with Crippen LogP contribution < -0.4 is 0 Å². The molecule has 1 spiro atoms. The van der Waals surface area contributed by atoms with E-state index in [2.05, 4.69) is 34.6 Å². The summed E-state index contributed by atoms with van der Waals surface area (Å²) in [6.07, 6.45) is 1.22. The lowest BCUT2D eigenvalue weighted by molar-refractivity contribution is -0.398. The number of ether oxygens (including phenoxy) is 3. The smallest absolute Gasteiger partial charge is 0.177 e. The Morgan fingerprint density at radius 3 is 2.50 bits per heavy atom. The van der Waals surface area contributed by atoms with Crippen LogP contribution in [-0.4, -0.2) is 58.5 Å². The summed E-state index contributed by atoms with van der Waals surface area (Å²) < 4.78 is 18.0. The number of rotatable bonds is 6. The van der Waals surface area contributed by atoms with Gasteiger partial charge < -0.3 is 19.3 Å². The second-order valence-corrected chi connectivity index (χ2v) is 8.19. The highest BCUT2D eigenvalue weighted by molar-refractivity contribution is 5.69. The van der Waals surface area contributed by atoms with E-state index in [1.807, 2.05) is 5.06 Å². The lowest BCUT2D eigenvalue weighted by Crippen LogP contribution is -2.72. The van der Waals surface area contributed by atoms with Crippen molar-refractivity contribution in [3.05, 3.63) is 0 Å². The van der Waals surface area contributed by atoms with Gasteiger partial charge in [-0.15, -0.1) is 0 Å². The first-order chi connectivity index (χ1) is 12.0. The van der Waals surface area contributed by atoms with Gasteiger partial charge in [-0.1, -0.05) is 20.8 Å². The van der Waals surface area contributed by atoms with Crippen molar-refractivity contribution in [3.63, 3.8) is 0 Å². The van der Waals surface area contributed by atoms with Crippen molar-refractivity contribution in [3.8, 4) is 0 Å². The molecule has 0 bridgehead atoms. The van der Waals surface area contributed by atoms with Gasteiger partial charge in [0.25, 0.3) is 0 Å². The second-order valence-electron chi connectivity index (χ2n) is 8.19. The largest absolute Gasteiger partial charge is 0.479 e. The molecule has 2 fully saturated rings. The molecule has 2 N–H and O–H groups in total. The van der Waals surface area contributed by atoms with Gasteiger partial charge in [0.15, 0.2) is 18.0 Å². The Morgan fingerprint density at radius 2 is 2.00 bits per heavy atom. The zero-order valence-electron chi connectivity index (χ0n) is 17.3. The first-order valence-corrected chi connectivity index (χ1v) is 9.68. The molecule has 152 valence electrons. The van der Waals surface area contributed by atoms with E-state index in [1.54, 1.807) is 13.8 Å². The number of nitrogens with one attached hydrogen (secondary N) is 1. The Morgan fingerprint density at radius 1 is 1.35 bits per heavy atom. The molecule has 2 aliphatic heterocycles. The zero-order chi connectivity index (χ0) is 19.8. The van der Waals surface area contributed by atoms with Crippen molar-refractivity contribution in [2.24, 2.45) is 5.92 Å². The third kappa shape index (κ3) is 3.78. The number of hydrogen-bond donors (Lipinski definition) is 2. The Balaban J connectivity index is 2.32. The SMILES string of the molecule is CCC1(C)CC2(OCC(COC(C)=N)O2)C(C)C(C)(CC)N1OC(C)O. The quantitative estimate of drug-likeness (QED) is 0.423. The van der Waals surface area contributed by atoms with Gasteiger partial charge in [0, 0.05) is 24.8 Å². The lowest BCUT2D eigenvalue weighted by Gasteiger charge is -2.61. The van der Waals surface area contributed by atoms with Gasteiger partial charge in [-0.2, -0.15) is 5.06 Å². The highest BCUT2D eigenvalue weighted by Gasteiger charge is 2.64. The fourth-order valence-electron chi connectivity index (χ4n) is 4.34. The Hall–Kier alpha value is -0.730. The predicted octanol–water partition coefficient (Wildman–Crippen LogP) is 3.06. The van der Waals surface area contributed by atoms with Gasteiger partial charge >= 0.3 is 0 Å². The van der Waals surface area contributed by atoms with Crippen molar-refractivity contribution >= 4 is 5.90 Å². The molecule has 0 aromatic heterocycles. The molecule has 2 rings (SSSR count). The van der Waals surface area contributed by atoms with Crippen LogP contribution in [0.2, 0.25) is 0 Å². The van der Waals surface area contributed by atoms with Crippen LogP contribution in [0.1, 0.15) is 67.7 Å². The van der Waals surface area contributed by atoms with Gasteiger partial charge in [0.2, 0.25) is 0 Å². The summed E-state index contributed by atoms with van der Waals surface area (Å²) in [5.74, 6) is -0.526. The van der Waals surface area contributed by atoms with Crippen LogP contribution in [-0.2, 0) is 19.0 Å². The Bertz CT molecular complexity index is 516. The van der Waals surface area contributed by atoms with Crippen LogP contribution in [0.15, 0.2) is 0 Å². The summed E-state index contributed by atoms with van der Waals surface area (Å²) >= 11 is 0. The van der Waals surface area contributed by atoms with Crippen LogP contribution in [0.5, 0.6) is 0 Å². The van der Waals surface area contributed by atoms with E-state index in [0.29, 0.717) is 19.6 Å². The monoisotopic (exact) mass is 372 g/mol. The molecule has 0 aromatic rings. The number of hydroxylamine groups is 2. The van der Waals surface area contributed by atoms with Crippen LogP contribution in [0, 0.1) is 11.3 Å². The summed E-state index contributed by atoms with van der Waals surface area (Å²) in [6.45, 7) is 14.7. The molecule has 0 radical (unpaired) electrons. The summed E-state index contributed by atoms with van der Waals surface area (Å²) in [5.41, 5.74) is -0.714. The average Bonchev–Trinajstić information content (AvgIpc) is 2.99. The van der Waals surface area contributed by atoms with E-state index in [9.17, 15) is 5.11 Å². The first kappa shape index (κ1) is 21.6. The predicted molar refractivity (Wildman–Crippen MR) is 98.7 cm³/mol. The van der Waals surface area contributed by atoms with Crippen LogP contribution in [0.25, 0.3) is 0 Å². The first-order valence-electron chi connectivity index (χ1n) is 9.68. The number of aliphatic hydroxyl groups excluding tert-OH is 1. The van der Waals surface area contributed by atoms with Gasteiger partial charge in [-0.25, -0.2) is 0 Å². The standard InChI is InChI=1S/C19H36N2O5/c1-8-17(6)12-19(24-11-16(25-19)10-23-14(4)20)13(3)18(7,9-2)21(17)26-15(5)22/h13,15-16,20,22H,8-12H2,1-7H3. The van der Waals surface area contributed by atoms with Crippen molar-refractivity contribution in [1.29, 1.82) is 5.41 Å². The Labute approximate surface area is 157 Å². The number of piperidine rings is 1. The zero-order valence-corrected chi connectivity index (χ0v) is 17.3. The minimum absolute atomic E-state index is 0.0180. The van der Waals surface area contributed by atoms with Crippen molar-refractivity contribution in [2.75, 3.05) is 13.2 Å². The molecule has 6 atom stereocenters. The summed E-state index contributed by atoms with van der Waals surface area (Å²) in [4.78, 5) is 5.91. The molecule has 2 saturated heterocycles. The molecule has 2 heterocycles. The van der Waals surface area contributed by atoms with Gasteiger partial charge in [0.05, 0.1) is 12.1 Å². The van der Waals surface area contributed by atoms with Crippen LogP contribution >= 0.6 is 0 Å². The second kappa shape index (κ2) is 7.72. The normalized spacial score (nSPS) is 42.2. The van der Waals surface area contributed by atoms with E-state index in [0.717, 1.165) is 12.8 Å². The average molecular weight is 373 g/mol. The maximum Gasteiger partial charge on any atom is 0.177 e. The molecule has 0 saturated carbocycles. The molecular formula is C19H36N2O5. The topological polar surface area (TPSA) is 84.2 Å². The molecule has 26 heavy (non-hydrogen) atoms. The van der Waals surface area contributed by atoms with E-state index in [-0.39, 0.29) is 29.0 Å². The maximum absolute atomic E-state index is 9.90. The molecule has 0 amide bonds. The fraction of sp³-hybridized carbons (Fsp3) is 0.947. The highest BCUT2D eigenvalue weighted by atomic mass is 16.8. The maximum atomic E-state index is 9.90. The molecule has 0 aromatic carbocycles. The van der Waals surface area contributed by atoms with Gasteiger partial charge in [0.1, 0.15) is 12.7 Å². The number of nitrogens with zero attached hydrogens (tertiary/aromatic N) is 1. The number of hydrogen-bond acceptors (Lipinski definition) is 7. The minimum Gasteiger partial charge on any atom is -0.479 e. The molecule has 6 unspecified atom stereocenters. The summed E-state index contributed by atoms with van der Waals surface area (Å²) in [7, 11) is 0. The minimum atomic E-state index is -0.880.